The van der Waals surface area contributed by atoms with Crippen LogP contribution < -0.4 is 0 Å². The van der Waals surface area contributed by atoms with E-state index >= 15 is 0 Å². The molecule has 0 N–H and O–H groups in total. The van der Waals surface area contributed by atoms with Gasteiger partial charge in [-0.05, 0) is 24.1 Å². The summed E-state index contributed by atoms with van der Waals surface area (Å²) in [6.07, 6.45) is 0. The van der Waals surface area contributed by atoms with E-state index in [2.05, 4.69) is 0 Å². The van der Waals surface area contributed by atoms with Gasteiger partial charge in [-0.2, -0.15) is 0 Å². The van der Waals surface area contributed by atoms with E-state index in [-0.39, 0.29) is 11.5 Å². The van der Waals surface area contributed by atoms with Gasteiger partial charge in [0.05, 0.1) is 5.56 Å². The molecule has 0 bridgehead atoms. The molecule has 1 aromatic rings. The van der Waals surface area contributed by atoms with Crippen LogP contribution in [0.15, 0.2) is 12.1 Å². The molecule has 0 radical (unpaired) electrons. The monoisotopic (exact) mass is 179 g/mol. The minimum Gasteiger partial charge on any atom is -0.337 e. The molecule has 68 valence electrons. The van der Waals surface area contributed by atoms with E-state index in [4.69, 9.17) is 0 Å². The maximum absolute atomic E-state index is 13.3. The normalized spacial score (nSPS) is 15.0. The summed E-state index contributed by atoms with van der Waals surface area (Å²) >= 11 is 0. The molecule has 0 aromatic heterocycles. The molecule has 1 amide bonds. The fourth-order valence-electron chi connectivity index (χ4n) is 1.70. The largest absolute Gasteiger partial charge is 0.337 e. The lowest BCUT2D eigenvalue weighted by molar-refractivity contribution is 0.0813. The number of hydrogen-bond donors (Lipinski definition) is 0. The van der Waals surface area contributed by atoms with Crippen LogP contribution in [0.2, 0.25) is 0 Å². The molecule has 0 atom stereocenters. The Labute approximate surface area is 76.0 Å². The molecule has 0 aliphatic carbocycles. The van der Waals surface area contributed by atoms with E-state index in [1.165, 1.54) is 11.0 Å². The molecule has 13 heavy (non-hydrogen) atoms. The zero-order chi connectivity index (χ0) is 9.59. The fourth-order valence-corrected chi connectivity index (χ4v) is 1.70. The lowest BCUT2D eigenvalue weighted by atomic mass is 10.1. The van der Waals surface area contributed by atoms with Crippen molar-refractivity contribution in [3.63, 3.8) is 0 Å². The highest BCUT2D eigenvalue weighted by molar-refractivity contribution is 5.98. The molecule has 0 saturated heterocycles. The number of amides is 1. The van der Waals surface area contributed by atoms with Crippen molar-refractivity contribution in [1.82, 2.24) is 4.90 Å². The van der Waals surface area contributed by atoms with Gasteiger partial charge in [-0.3, -0.25) is 4.79 Å². The Morgan fingerprint density at radius 2 is 2.15 bits per heavy atom. The van der Waals surface area contributed by atoms with E-state index in [1.54, 1.807) is 7.05 Å². The molecule has 0 unspecified atom stereocenters. The zero-order valence-electron chi connectivity index (χ0n) is 7.60. The van der Waals surface area contributed by atoms with Crippen molar-refractivity contribution in [3.8, 4) is 0 Å². The van der Waals surface area contributed by atoms with Gasteiger partial charge in [-0.25, -0.2) is 4.39 Å². The first-order valence-electron chi connectivity index (χ1n) is 4.14. The van der Waals surface area contributed by atoms with E-state index in [0.717, 1.165) is 11.1 Å². The number of carbonyl (C=O) groups excluding carboxylic acids is 1. The molecule has 1 aromatic carbocycles. The van der Waals surface area contributed by atoms with Crippen molar-refractivity contribution < 1.29 is 9.18 Å². The Kier molecular flexibility index (Phi) is 1.62. The number of fused-ring (bicyclic) bond motifs is 1. The van der Waals surface area contributed by atoms with Gasteiger partial charge >= 0.3 is 0 Å². The third-order valence-electron chi connectivity index (χ3n) is 2.28. The second-order valence-electron chi connectivity index (χ2n) is 3.44. The van der Waals surface area contributed by atoms with Crippen molar-refractivity contribution in [2.75, 3.05) is 7.05 Å². The Bertz CT molecular complexity index is 387. The molecular weight excluding hydrogens is 169 g/mol. The molecule has 1 heterocycles. The Morgan fingerprint density at radius 3 is 2.85 bits per heavy atom. The van der Waals surface area contributed by atoms with Gasteiger partial charge in [-0.15, -0.1) is 0 Å². The lowest BCUT2D eigenvalue weighted by Gasteiger charge is -2.04. The van der Waals surface area contributed by atoms with Crippen molar-refractivity contribution >= 4 is 5.91 Å². The molecular formula is C10H10FNO. The molecule has 1 aliphatic rings. The molecule has 0 fully saturated rings. The van der Waals surface area contributed by atoms with Crippen LogP contribution in [0.1, 0.15) is 21.5 Å². The second kappa shape index (κ2) is 2.55. The van der Waals surface area contributed by atoms with Gasteiger partial charge in [0.15, 0.2) is 0 Å². The van der Waals surface area contributed by atoms with Crippen LogP contribution in [0.4, 0.5) is 4.39 Å². The highest BCUT2D eigenvalue weighted by atomic mass is 19.1. The number of nitrogens with zero attached hydrogens (tertiary/aromatic N) is 1. The van der Waals surface area contributed by atoms with Crippen LogP contribution in [0.3, 0.4) is 0 Å². The smallest absolute Gasteiger partial charge is 0.257 e. The van der Waals surface area contributed by atoms with E-state index in [9.17, 15) is 9.18 Å². The number of benzene rings is 1. The number of rotatable bonds is 0. The summed E-state index contributed by atoms with van der Waals surface area (Å²) in [5.41, 5.74) is 1.90. The first-order valence-corrected chi connectivity index (χ1v) is 4.14. The summed E-state index contributed by atoms with van der Waals surface area (Å²) in [4.78, 5) is 12.9. The molecule has 2 rings (SSSR count). The molecule has 0 spiro atoms. The molecule has 0 saturated carbocycles. The highest BCUT2D eigenvalue weighted by Gasteiger charge is 2.27. The van der Waals surface area contributed by atoms with Gasteiger partial charge < -0.3 is 4.90 Å². The average Bonchev–Trinajstić information content (AvgIpc) is 2.27. The Balaban J connectivity index is 2.64. The van der Waals surface area contributed by atoms with E-state index in [1.807, 2.05) is 13.0 Å². The topological polar surface area (TPSA) is 20.3 Å². The van der Waals surface area contributed by atoms with Gasteiger partial charge in [0.1, 0.15) is 5.82 Å². The van der Waals surface area contributed by atoms with Crippen LogP contribution in [0.5, 0.6) is 0 Å². The summed E-state index contributed by atoms with van der Waals surface area (Å²) in [7, 11) is 1.68. The minimum absolute atomic E-state index is 0.215. The van der Waals surface area contributed by atoms with Crippen molar-refractivity contribution in [2.45, 2.75) is 13.5 Å². The first-order chi connectivity index (χ1) is 6.09. The minimum atomic E-state index is -0.399. The average molecular weight is 179 g/mol. The van der Waals surface area contributed by atoms with Crippen LogP contribution in [-0.4, -0.2) is 17.9 Å². The number of hydrogen-bond acceptors (Lipinski definition) is 1. The summed E-state index contributed by atoms with van der Waals surface area (Å²) in [5.74, 6) is -0.614. The standard InChI is InChI=1S/C10H10FNO/c1-6-3-7-5-12(2)10(13)9(7)8(11)4-6/h3-4H,5H2,1-2H3. The van der Waals surface area contributed by atoms with Crippen LogP contribution >= 0.6 is 0 Å². The van der Waals surface area contributed by atoms with Crippen molar-refractivity contribution in [1.29, 1.82) is 0 Å². The van der Waals surface area contributed by atoms with Crippen molar-refractivity contribution in [3.05, 3.63) is 34.6 Å². The van der Waals surface area contributed by atoms with Crippen molar-refractivity contribution in [2.24, 2.45) is 0 Å². The van der Waals surface area contributed by atoms with E-state index < -0.39 is 5.82 Å². The Hall–Kier alpha value is -1.38. The van der Waals surface area contributed by atoms with E-state index in [0.29, 0.717) is 6.54 Å². The predicted octanol–water partition coefficient (Wildman–Crippen LogP) is 1.72. The number of halogens is 1. The van der Waals surface area contributed by atoms with Gasteiger partial charge in [-0.1, -0.05) is 6.07 Å². The van der Waals surface area contributed by atoms with Crippen LogP contribution in [0.25, 0.3) is 0 Å². The quantitative estimate of drug-likeness (QED) is 0.593. The summed E-state index contributed by atoms with van der Waals surface area (Å²) < 4.78 is 13.3. The zero-order valence-corrected chi connectivity index (χ0v) is 7.60. The lowest BCUT2D eigenvalue weighted by Crippen LogP contribution is -2.18. The third-order valence-corrected chi connectivity index (χ3v) is 2.28. The second-order valence-corrected chi connectivity index (χ2v) is 3.44. The van der Waals surface area contributed by atoms with Crippen LogP contribution in [-0.2, 0) is 6.54 Å². The summed E-state index contributed by atoms with van der Waals surface area (Å²) in [6, 6.07) is 3.26. The van der Waals surface area contributed by atoms with Crippen LogP contribution in [0, 0.1) is 12.7 Å². The third kappa shape index (κ3) is 1.11. The fraction of sp³-hybridized carbons (Fsp3) is 0.300. The molecule has 2 nitrogen and oxygen atoms in total. The van der Waals surface area contributed by atoms with Gasteiger partial charge in [0.25, 0.3) is 5.91 Å². The Morgan fingerprint density at radius 1 is 1.46 bits per heavy atom. The first kappa shape index (κ1) is 8.23. The van der Waals surface area contributed by atoms with Gasteiger partial charge in [0, 0.05) is 13.6 Å². The maximum Gasteiger partial charge on any atom is 0.257 e. The number of aryl methyl sites for hydroxylation is 1. The SMILES string of the molecule is Cc1cc(F)c2c(c1)CN(C)C2=O. The molecule has 3 heteroatoms. The maximum atomic E-state index is 13.3. The number of carbonyl (C=O) groups is 1. The van der Waals surface area contributed by atoms with Gasteiger partial charge in [0.2, 0.25) is 0 Å². The highest BCUT2D eigenvalue weighted by Crippen LogP contribution is 2.25. The predicted molar refractivity (Wildman–Crippen MR) is 46.9 cm³/mol. The molecule has 1 aliphatic heterocycles. The summed E-state index contributed by atoms with van der Waals surface area (Å²) in [6.45, 7) is 2.35. The summed E-state index contributed by atoms with van der Waals surface area (Å²) in [5, 5.41) is 0.